The number of benzene rings is 2. The zero-order chi connectivity index (χ0) is 13.9. The van der Waals surface area contributed by atoms with Crippen molar-refractivity contribution in [3.63, 3.8) is 0 Å². The fraction of sp³-hybridized carbons (Fsp3) is 0.250. The standard InChI is InChI=1S/C16H15ClFNS/c17-14-7-11(5-6-15(14)18)9-19-10-13-8-12-3-1-2-4-16(12)20-13/h1-7,13,19H,8-10H2. The van der Waals surface area contributed by atoms with Crippen molar-refractivity contribution in [3.8, 4) is 0 Å². The van der Waals surface area contributed by atoms with Gasteiger partial charge in [0.05, 0.1) is 5.02 Å². The van der Waals surface area contributed by atoms with Gasteiger partial charge in [0.25, 0.3) is 0 Å². The van der Waals surface area contributed by atoms with Crippen molar-refractivity contribution in [1.29, 1.82) is 0 Å². The molecule has 0 fully saturated rings. The lowest BCUT2D eigenvalue weighted by Crippen LogP contribution is -2.24. The van der Waals surface area contributed by atoms with Crippen LogP contribution in [-0.4, -0.2) is 11.8 Å². The molecule has 0 aromatic heterocycles. The Balaban J connectivity index is 1.51. The summed E-state index contributed by atoms with van der Waals surface area (Å²) in [5.41, 5.74) is 2.45. The van der Waals surface area contributed by atoms with Crippen LogP contribution in [0.4, 0.5) is 4.39 Å². The minimum absolute atomic E-state index is 0.187. The highest BCUT2D eigenvalue weighted by Gasteiger charge is 2.20. The predicted octanol–water partition coefficient (Wildman–Crippen LogP) is 4.29. The molecule has 0 saturated heterocycles. The van der Waals surface area contributed by atoms with Gasteiger partial charge >= 0.3 is 0 Å². The van der Waals surface area contributed by atoms with Gasteiger partial charge in [0.2, 0.25) is 0 Å². The van der Waals surface area contributed by atoms with Crippen molar-refractivity contribution < 1.29 is 4.39 Å². The largest absolute Gasteiger partial charge is 0.312 e. The smallest absolute Gasteiger partial charge is 0.141 e. The molecule has 0 spiro atoms. The molecular formula is C16H15ClFNS. The average Bonchev–Trinajstić information content (AvgIpc) is 2.85. The average molecular weight is 308 g/mol. The quantitative estimate of drug-likeness (QED) is 0.904. The highest BCUT2D eigenvalue weighted by Crippen LogP contribution is 2.36. The molecule has 0 aliphatic carbocycles. The summed E-state index contributed by atoms with van der Waals surface area (Å²) in [4.78, 5) is 1.39. The Kier molecular flexibility index (Phi) is 4.29. The molecule has 1 unspecified atom stereocenters. The van der Waals surface area contributed by atoms with Crippen LogP contribution < -0.4 is 5.32 Å². The Morgan fingerprint density at radius 2 is 2.10 bits per heavy atom. The lowest BCUT2D eigenvalue weighted by atomic mass is 10.1. The van der Waals surface area contributed by atoms with Crippen LogP contribution in [0.15, 0.2) is 47.4 Å². The molecule has 0 saturated carbocycles. The Hall–Kier alpha value is -1.03. The van der Waals surface area contributed by atoms with E-state index in [0.717, 1.165) is 18.5 Å². The Morgan fingerprint density at radius 3 is 2.90 bits per heavy atom. The molecule has 1 heterocycles. The molecule has 4 heteroatoms. The molecule has 2 aromatic carbocycles. The highest BCUT2D eigenvalue weighted by molar-refractivity contribution is 8.00. The second kappa shape index (κ2) is 6.17. The van der Waals surface area contributed by atoms with Crippen LogP contribution in [0.2, 0.25) is 5.02 Å². The Bertz CT molecular complexity index is 592. The van der Waals surface area contributed by atoms with E-state index in [1.54, 1.807) is 12.1 Å². The molecule has 3 rings (SSSR count). The first-order valence-corrected chi connectivity index (χ1v) is 7.87. The summed E-state index contributed by atoms with van der Waals surface area (Å²) >= 11 is 7.70. The zero-order valence-corrected chi connectivity index (χ0v) is 12.5. The van der Waals surface area contributed by atoms with Gasteiger partial charge in [0, 0.05) is 23.2 Å². The number of halogens is 2. The SMILES string of the molecule is Fc1ccc(CNCC2Cc3ccccc3S2)cc1Cl. The van der Waals surface area contributed by atoms with E-state index in [1.807, 2.05) is 11.8 Å². The van der Waals surface area contributed by atoms with Gasteiger partial charge in [-0.2, -0.15) is 0 Å². The van der Waals surface area contributed by atoms with Crippen molar-refractivity contribution in [3.05, 3.63) is 64.4 Å². The van der Waals surface area contributed by atoms with Crippen molar-refractivity contribution >= 4 is 23.4 Å². The van der Waals surface area contributed by atoms with Crippen molar-refractivity contribution in [2.75, 3.05) is 6.54 Å². The highest BCUT2D eigenvalue weighted by atomic mass is 35.5. The van der Waals surface area contributed by atoms with E-state index in [1.165, 1.54) is 16.5 Å². The maximum absolute atomic E-state index is 13.1. The van der Waals surface area contributed by atoms with E-state index in [9.17, 15) is 4.39 Å². The molecule has 20 heavy (non-hydrogen) atoms. The van der Waals surface area contributed by atoms with Gasteiger partial charge in [-0.15, -0.1) is 11.8 Å². The van der Waals surface area contributed by atoms with E-state index in [-0.39, 0.29) is 10.8 Å². The lowest BCUT2D eigenvalue weighted by molar-refractivity contribution is 0.624. The topological polar surface area (TPSA) is 12.0 Å². The van der Waals surface area contributed by atoms with Crippen molar-refractivity contribution in [2.45, 2.75) is 23.1 Å². The van der Waals surface area contributed by atoms with Gasteiger partial charge in [-0.3, -0.25) is 0 Å². The third-order valence-corrected chi connectivity index (χ3v) is 5.01. The number of thioether (sulfide) groups is 1. The molecular weight excluding hydrogens is 293 g/mol. The fourth-order valence-corrected chi connectivity index (χ4v) is 3.88. The summed E-state index contributed by atoms with van der Waals surface area (Å²) in [6.07, 6.45) is 1.11. The van der Waals surface area contributed by atoms with Gasteiger partial charge < -0.3 is 5.32 Å². The molecule has 1 nitrogen and oxygen atoms in total. The normalized spacial score (nSPS) is 17.2. The maximum Gasteiger partial charge on any atom is 0.141 e. The maximum atomic E-state index is 13.1. The van der Waals surface area contributed by atoms with Gasteiger partial charge in [-0.05, 0) is 35.7 Å². The van der Waals surface area contributed by atoms with Crippen molar-refractivity contribution in [2.24, 2.45) is 0 Å². The minimum atomic E-state index is -0.364. The van der Waals surface area contributed by atoms with Gasteiger partial charge in [-0.1, -0.05) is 35.9 Å². The molecule has 1 atom stereocenters. The van der Waals surface area contributed by atoms with E-state index in [0.29, 0.717) is 11.8 Å². The first kappa shape index (κ1) is 13.9. The first-order chi connectivity index (χ1) is 9.72. The van der Waals surface area contributed by atoms with Gasteiger partial charge in [0.1, 0.15) is 5.82 Å². The van der Waals surface area contributed by atoms with Crippen molar-refractivity contribution in [1.82, 2.24) is 5.32 Å². The van der Waals surface area contributed by atoms with Crippen LogP contribution in [0.25, 0.3) is 0 Å². The lowest BCUT2D eigenvalue weighted by Gasteiger charge is -2.10. The summed E-state index contributed by atoms with van der Waals surface area (Å²) in [5, 5.41) is 4.18. The summed E-state index contributed by atoms with van der Waals surface area (Å²) in [7, 11) is 0. The molecule has 2 aromatic rings. The summed E-state index contributed by atoms with van der Waals surface area (Å²) in [6, 6.07) is 13.4. The second-order valence-electron chi connectivity index (χ2n) is 4.93. The van der Waals surface area contributed by atoms with Crippen LogP contribution in [0.3, 0.4) is 0 Å². The summed E-state index contributed by atoms with van der Waals surface area (Å²) in [6.45, 7) is 1.65. The second-order valence-corrected chi connectivity index (χ2v) is 6.68. The third-order valence-electron chi connectivity index (χ3n) is 3.40. The molecule has 1 N–H and O–H groups in total. The number of hydrogen-bond donors (Lipinski definition) is 1. The molecule has 1 aliphatic rings. The van der Waals surface area contributed by atoms with E-state index < -0.39 is 0 Å². The Morgan fingerprint density at radius 1 is 1.25 bits per heavy atom. The molecule has 0 bridgehead atoms. The van der Waals surface area contributed by atoms with Gasteiger partial charge in [-0.25, -0.2) is 4.39 Å². The molecule has 0 amide bonds. The number of nitrogens with one attached hydrogen (secondary N) is 1. The number of rotatable bonds is 4. The third kappa shape index (κ3) is 3.17. The first-order valence-electron chi connectivity index (χ1n) is 6.61. The van der Waals surface area contributed by atoms with Crippen LogP contribution in [-0.2, 0) is 13.0 Å². The number of hydrogen-bond acceptors (Lipinski definition) is 2. The van der Waals surface area contributed by atoms with E-state index in [2.05, 4.69) is 29.6 Å². The predicted molar refractivity (Wildman–Crippen MR) is 82.9 cm³/mol. The number of fused-ring (bicyclic) bond motifs is 1. The Labute approximate surface area is 127 Å². The van der Waals surface area contributed by atoms with Crippen LogP contribution >= 0.6 is 23.4 Å². The summed E-state index contributed by atoms with van der Waals surface area (Å²) < 4.78 is 13.1. The van der Waals surface area contributed by atoms with Crippen LogP contribution in [0, 0.1) is 5.82 Å². The van der Waals surface area contributed by atoms with E-state index >= 15 is 0 Å². The summed E-state index contributed by atoms with van der Waals surface area (Å²) in [5.74, 6) is -0.364. The fourth-order valence-electron chi connectivity index (χ4n) is 2.39. The van der Waals surface area contributed by atoms with Gasteiger partial charge in [0.15, 0.2) is 0 Å². The van der Waals surface area contributed by atoms with Crippen LogP contribution in [0.5, 0.6) is 0 Å². The zero-order valence-electron chi connectivity index (χ0n) is 10.9. The van der Waals surface area contributed by atoms with Crippen LogP contribution in [0.1, 0.15) is 11.1 Å². The molecule has 0 radical (unpaired) electrons. The monoisotopic (exact) mass is 307 g/mol. The van der Waals surface area contributed by atoms with E-state index in [4.69, 9.17) is 11.6 Å². The molecule has 1 aliphatic heterocycles. The minimum Gasteiger partial charge on any atom is -0.312 e. The molecule has 104 valence electrons.